The lowest BCUT2D eigenvalue weighted by Gasteiger charge is -2.11. The van der Waals surface area contributed by atoms with Crippen molar-refractivity contribution in [2.75, 3.05) is 25.0 Å². The highest BCUT2D eigenvalue weighted by Crippen LogP contribution is 2.19. The molecule has 3 N–H and O–H groups in total. The lowest BCUT2D eigenvalue weighted by molar-refractivity contribution is -0.114. The zero-order chi connectivity index (χ0) is 18.9. The second-order valence-corrected chi connectivity index (χ2v) is 6.25. The molecule has 0 saturated heterocycles. The van der Waals surface area contributed by atoms with E-state index in [1.165, 1.54) is 4.88 Å². The van der Waals surface area contributed by atoms with Gasteiger partial charge < -0.3 is 16.0 Å². The fourth-order valence-corrected chi connectivity index (χ4v) is 2.77. The van der Waals surface area contributed by atoms with Gasteiger partial charge in [-0.15, -0.1) is 11.3 Å². The molecule has 5 nitrogen and oxygen atoms in total. The zero-order valence-corrected chi connectivity index (χ0v) is 14.9. The SMILES string of the molecule is CCNC(=NCC(=O)Nc1ccc(F)c(F)c1F)NCCc1cccs1. The summed E-state index contributed by atoms with van der Waals surface area (Å²) in [5.74, 6) is -4.60. The van der Waals surface area contributed by atoms with Gasteiger partial charge in [0.05, 0.1) is 5.69 Å². The molecule has 0 spiro atoms. The number of halogens is 3. The topological polar surface area (TPSA) is 65.5 Å². The Labute approximate surface area is 153 Å². The van der Waals surface area contributed by atoms with Crippen molar-refractivity contribution in [1.82, 2.24) is 10.6 Å². The summed E-state index contributed by atoms with van der Waals surface area (Å²) in [6.07, 6.45) is 0.814. The molecule has 0 bridgehead atoms. The molecule has 2 aromatic rings. The molecule has 0 unspecified atom stereocenters. The smallest absolute Gasteiger partial charge is 0.246 e. The average Bonchev–Trinajstić information content (AvgIpc) is 3.13. The first-order valence-electron chi connectivity index (χ1n) is 7.99. The quantitative estimate of drug-likeness (QED) is 0.391. The van der Waals surface area contributed by atoms with Gasteiger partial charge in [-0.25, -0.2) is 18.2 Å². The van der Waals surface area contributed by atoms with Crippen LogP contribution < -0.4 is 16.0 Å². The molecule has 0 aliphatic rings. The number of carbonyl (C=O) groups is 1. The summed E-state index contributed by atoms with van der Waals surface area (Å²) in [6, 6.07) is 5.70. The molecule has 2 rings (SSSR count). The van der Waals surface area contributed by atoms with E-state index in [1.807, 2.05) is 24.4 Å². The van der Waals surface area contributed by atoms with Gasteiger partial charge in [-0.2, -0.15) is 0 Å². The van der Waals surface area contributed by atoms with E-state index < -0.39 is 29.0 Å². The second kappa shape index (κ2) is 9.81. The molecule has 1 heterocycles. The Bertz CT molecular complexity index is 766. The summed E-state index contributed by atoms with van der Waals surface area (Å²) in [7, 11) is 0. The van der Waals surface area contributed by atoms with Crippen molar-refractivity contribution in [2.45, 2.75) is 13.3 Å². The summed E-state index contributed by atoms with van der Waals surface area (Å²) in [6.45, 7) is 2.82. The number of aliphatic imine (C=N–C) groups is 1. The van der Waals surface area contributed by atoms with Gasteiger partial charge in [-0.1, -0.05) is 6.07 Å². The Kier molecular flexibility index (Phi) is 7.46. The van der Waals surface area contributed by atoms with E-state index in [4.69, 9.17) is 0 Å². The third-order valence-corrected chi connectivity index (χ3v) is 4.21. The maximum absolute atomic E-state index is 13.6. The van der Waals surface area contributed by atoms with Crippen LogP contribution in [0.5, 0.6) is 0 Å². The highest BCUT2D eigenvalue weighted by Gasteiger charge is 2.15. The first kappa shape index (κ1) is 19.8. The van der Waals surface area contributed by atoms with E-state index >= 15 is 0 Å². The first-order chi connectivity index (χ1) is 12.5. The fraction of sp³-hybridized carbons (Fsp3) is 0.294. The molecule has 1 amide bonds. The largest absolute Gasteiger partial charge is 0.357 e. The van der Waals surface area contributed by atoms with Crippen molar-refractivity contribution >= 4 is 28.9 Å². The number of nitrogens with zero attached hydrogens (tertiary/aromatic N) is 1. The third kappa shape index (κ3) is 5.76. The molecule has 26 heavy (non-hydrogen) atoms. The minimum Gasteiger partial charge on any atom is -0.357 e. The standard InChI is InChI=1S/C17H19F3N4OS/c1-2-21-17(22-8-7-11-4-3-9-26-11)23-10-14(25)24-13-6-5-12(18)15(19)16(13)20/h3-6,9H,2,7-8,10H2,1H3,(H,24,25)(H2,21,22,23). The Hall–Kier alpha value is -2.55. The number of amides is 1. The average molecular weight is 384 g/mol. The van der Waals surface area contributed by atoms with Crippen LogP contribution in [0.1, 0.15) is 11.8 Å². The maximum atomic E-state index is 13.6. The molecule has 1 aromatic carbocycles. The van der Waals surface area contributed by atoms with Crippen molar-refractivity contribution in [3.63, 3.8) is 0 Å². The van der Waals surface area contributed by atoms with Crippen molar-refractivity contribution in [3.8, 4) is 0 Å². The van der Waals surface area contributed by atoms with E-state index in [0.717, 1.165) is 18.6 Å². The monoisotopic (exact) mass is 384 g/mol. The van der Waals surface area contributed by atoms with Crippen LogP contribution in [0.2, 0.25) is 0 Å². The molecule has 0 aliphatic carbocycles. The van der Waals surface area contributed by atoms with Crippen molar-refractivity contribution in [2.24, 2.45) is 4.99 Å². The summed E-state index contributed by atoms with van der Waals surface area (Å²) in [5, 5.41) is 10.2. The Morgan fingerprint density at radius 2 is 1.96 bits per heavy atom. The van der Waals surface area contributed by atoms with Gasteiger partial charge in [-0.05, 0) is 36.9 Å². The molecule has 140 valence electrons. The number of carbonyl (C=O) groups excluding carboxylic acids is 1. The van der Waals surface area contributed by atoms with E-state index in [-0.39, 0.29) is 6.54 Å². The molecular weight excluding hydrogens is 365 g/mol. The van der Waals surface area contributed by atoms with Crippen LogP contribution in [-0.4, -0.2) is 31.5 Å². The van der Waals surface area contributed by atoms with Crippen LogP contribution in [0.4, 0.5) is 18.9 Å². The van der Waals surface area contributed by atoms with Gasteiger partial charge in [0.1, 0.15) is 6.54 Å². The summed E-state index contributed by atoms with van der Waals surface area (Å²) in [5.41, 5.74) is -0.431. The van der Waals surface area contributed by atoms with Crippen LogP contribution in [0, 0.1) is 17.5 Å². The number of nitrogens with one attached hydrogen (secondary N) is 3. The molecule has 1 aromatic heterocycles. The number of thiophene rings is 1. The van der Waals surface area contributed by atoms with Gasteiger partial charge in [0.2, 0.25) is 5.91 Å². The molecule has 0 aliphatic heterocycles. The fourth-order valence-electron chi connectivity index (χ4n) is 2.06. The minimum absolute atomic E-state index is 0.299. The molecule has 0 fully saturated rings. The number of benzene rings is 1. The predicted molar refractivity (Wildman–Crippen MR) is 97.0 cm³/mol. The van der Waals surface area contributed by atoms with Crippen molar-refractivity contribution in [3.05, 3.63) is 52.0 Å². The van der Waals surface area contributed by atoms with E-state index in [1.54, 1.807) is 11.3 Å². The van der Waals surface area contributed by atoms with Gasteiger partial charge in [-0.3, -0.25) is 4.79 Å². The number of rotatable bonds is 7. The maximum Gasteiger partial charge on any atom is 0.246 e. The number of guanidine groups is 1. The summed E-state index contributed by atoms with van der Waals surface area (Å²) in [4.78, 5) is 17.2. The van der Waals surface area contributed by atoms with E-state index in [9.17, 15) is 18.0 Å². The van der Waals surface area contributed by atoms with Gasteiger partial charge in [0.15, 0.2) is 23.4 Å². The van der Waals surface area contributed by atoms with Crippen LogP contribution in [0.3, 0.4) is 0 Å². The molecule has 0 atom stereocenters. The Morgan fingerprint density at radius 3 is 2.65 bits per heavy atom. The van der Waals surface area contributed by atoms with Crippen LogP contribution in [0.25, 0.3) is 0 Å². The Morgan fingerprint density at radius 1 is 1.15 bits per heavy atom. The van der Waals surface area contributed by atoms with Crippen LogP contribution in [-0.2, 0) is 11.2 Å². The summed E-state index contributed by atoms with van der Waals surface area (Å²) < 4.78 is 39.6. The van der Waals surface area contributed by atoms with Crippen molar-refractivity contribution < 1.29 is 18.0 Å². The lowest BCUT2D eigenvalue weighted by Crippen LogP contribution is -2.39. The highest BCUT2D eigenvalue weighted by atomic mass is 32.1. The van der Waals surface area contributed by atoms with Crippen LogP contribution in [0.15, 0.2) is 34.6 Å². The number of hydrogen-bond donors (Lipinski definition) is 3. The molecule has 9 heteroatoms. The highest BCUT2D eigenvalue weighted by molar-refractivity contribution is 7.09. The van der Waals surface area contributed by atoms with E-state index in [2.05, 4.69) is 20.9 Å². The predicted octanol–water partition coefficient (Wildman–Crippen LogP) is 2.90. The number of anilines is 1. The van der Waals surface area contributed by atoms with Gasteiger partial charge in [0, 0.05) is 18.0 Å². The molecule has 0 saturated carbocycles. The normalized spacial score (nSPS) is 11.3. The molecular formula is C17H19F3N4OS. The molecule has 0 radical (unpaired) electrons. The van der Waals surface area contributed by atoms with Gasteiger partial charge >= 0.3 is 0 Å². The first-order valence-corrected chi connectivity index (χ1v) is 8.87. The zero-order valence-electron chi connectivity index (χ0n) is 14.1. The van der Waals surface area contributed by atoms with E-state index in [0.29, 0.717) is 19.0 Å². The summed E-state index contributed by atoms with van der Waals surface area (Å²) >= 11 is 1.65. The number of hydrogen-bond acceptors (Lipinski definition) is 3. The van der Waals surface area contributed by atoms with Crippen molar-refractivity contribution in [1.29, 1.82) is 0 Å². The second-order valence-electron chi connectivity index (χ2n) is 5.22. The minimum atomic E-state index is -1.63. The third-order valence-electron chi connectivity index (χ3n) is 3.28. The van der Waals surface area contributed by atoms with Gasteiger partial charge in [0.25, 0.3) is 0 Å². The van der Waals surface area contributed by atoms with Crippen LogP contribution >= 0.6 is 11.3 Å². The Balaban J connectivity index is 1.89. The lowest BCUT2D eigenvalue weighted by atomic mass is 10.3.